The summed E-state index contributed by atoms with van der Waals surface area (Å²) in [6.07, 6.45) is 4.79. The van der Waals surface area contributed by atoms with Crippen LogP contribution in [0.25, 0.3) is 0 Å². The molecule has 6 nitrogen and oxygen atoms in total. The van der Waals surface area contributed by atoms with Gasteiger partial charge in [0.2, 0.25) is 0 Å². The maximum atomic E-state index is 5.38. The van der Waals surface area contributed by atoms with Gasteiger partial charge in [-0.1, -0.05) is 19.4 Å². The quantitative estimate of drug-likeness (QED) is 0.513. The number of nitrogens with one attached hydrogen (secondary N) is 2. The van der Waals surface area contributed by atoms with Crippen LogP contribution in [0, 0.1) is 0 Å². The van der Waals surface area contributed by atoms with E-state index in [0.29, 0.717) is 6.04 Å². The van der Waals surface area contributed by atoms with Gasteiger partial charge in [-0.2, -0.15) is 0 Å². The molecule has 1 unspecified atom stereocenters. The highest BCUT2D eigenvalue weighted by atomic mass is 16.5. The molecule has 1 aromatic rings. The third-order valence-electron chi connectivity index (χ3n) is 5.11. The van der Waals surface area contributed by atoms with Gasteiger partial charge >= 0.3 is 0 Å². The van der Waals surface area contributed by atoms with Gasteiger partial charge in [-0.15, -0.1) is 0 Å². The molecular weight excluding hydrogens is 340 g/mol. The predicted molar refractivity (Wildman–Crippen MR) is 112 cm³/mol. The Hall–Kier alpha value is -1.95. The highest BCUT2D eigenvalue weighted by molar-refractivity contribution is 5.79. The zero-order valence-corrected chi connectivity index (χ0v) is 17.4. The van der Waals surface area contributed by atoms with E-state index in [1.165, 1.54) is 31.4 Å². The van der Waals surface area contributed by atoms with E-state index < -0.39 is 0 Å². The lowest BCUT2D eigenvalue weighted by Crippen LogP contribution is -2.43. The van der Waals surface area contributed by atoms with Crippen molar-refractivity contribution in [2.24, 2.45) is 4.99 Å². The minimum absolute atomic E-state index is 0.574. The van der Waals surface area contributed by atoms with Crippen LogP contribution in [0.4, 0.5) is 0 Å². The second-order valence-electron chi connectivity index (χ2n) is 6.86. The van der Waals surface area contributed by atoms with E-state index in [9.17, 15) is 0 Å². The van der Waals surface area contributed by atoms with E-state index >= 15 is 0 Å². The van der Waals surface area contributed by atoms with Crippen molar-refractivity contribution in [1.29, 1.82) is 0 Å². The number of aliphatic imine (C=N–C) groups is 1. The maximum Gasteiger partial charge on any atom is 0.191 e. The molecule has 0 saturated carbocycles. The molecule has 0 bridgehead atoms. The molecule has 1 atom stereocenters. The van der Waals surface area contributed by atoms with Crippen LogP contribution in [0.15, 0.2) is 23.2 Å². The summed E-state index contributed by atoms with van der Waals surface area (Å²) in [5.74, 6) is 2.43. The number of rotatable bonds is 9. The van der Waals surface area contributed by atoms with Crippen molar-refractivity contribution >= 4 is 5.96 Å². The number of piperidine rings is 1. The normalized spacial score (nSPS) is 18.2. The van der Waals surface area contributed by atoms with Crippen LogP contribution in [0.1, 0.15) is 38.7 Å². The summed E-state index contributed by atoms with van der Waals surface area (Å²) >= 11 is 0. The predicted octanol–water partition coefficient (Wildman–Crippen LogP) is 2.68. The standard InChI is InChI=1S/C21H36N4O2/c1-5-22-21(24-16-18-9-7-8-14-25(18)6-2)23-13-12-17-10-11-19(26-3)20(15-17)27-4/h10-11,15,18H,5-9,12-14,16H2,1-4H3,(H2,22,23,24). The van der Waals surface area contributed by atoms with Crippen molar-refractivity contribution in [2.75, 3.05) is 46.9 Å². The largest absolute Gasteiger partial charge is 0.493 e. The van der Waals surface area contributed by atoms with E-state index in [1.54, 1.807) is 14.2 Å². The molecule has 27 heavy (non-hydrogen) atoms. The Morgan fingerprint density at radius 2 is 1.96 bits per heavy atom. The SMILES string of the molecule is CCNC(=NCC1CCCCN1CC)NCCc1ccc(OC)c(OC)c1. The molecule has 0 aliphatic carbocycles. The zero-order chi connectivity index (χ0) is 19.5. The third kappa shape index (κ3) is 6.61. The van der Waals surface area contributed by atoms with Gasteiger partial charge < -0.3 is 20.1 Å². The number of ether oxygens (including phenoxy) is 2. The van der Waals surface area contributed by atoms with Gasteiger partial charge in [0.05, 0.1) is 20.8 Å². The van der Waals surface area contributed by atoms with Gasteiger partial charge in [-0.25, -0.2) is 0 Å². The monoisotopic (exact) mass is 376 g/mol. The average Bonchev–Trinajstić information content (AvgIpc) is 2.72. The van der Waals surface area contributed by atoms with Gasteiger partial charge in [0.25, 0.3) is 0 Å². The summed E-state index contributed by atoms with van der Waals surface area (Å²) in [7, 11) is 3.32. The Morgan fingerprint density at radius 3 is 2.67 bits per heavy atom. The molecule has 6 heteroatoms. The molecule has 0 radical (unpaired) electrons. The summed E-state index contributed by atoms with van der Waals surface area (Å²) in [5.41, 5.74) is 1.21. The average molecular weight is 377 g/mol. The first-order valence-corrected chi connectivity index (χ1v) is 10.2. The van der Waals surface area contributed by atoms with E-state index in [2.05, 4.69) is 35.4 Å². The van der Waals surface area contributed by atoms with Gasteiger partial charge in [0.1, 0.15) is 0 Å². The van der Waals surface area contributed by atoms with E-state index in [-0.39, 0.29) is 0 Å². The lowest BCUT2D eigenvalue weighted by atomic mass is 10.0. The highest BCUT2D eigenvalue weighted by Crippen LogP contribution is 2.27. The fourth-order valence-electron chi connectivity index (χ4n) is 3.58. The van der Waals surface area contributed by atoms with E-state index in [4.69, 9.17) is 14.5 Å². The molecule has 1 fully saturated rings. The summed E-state index contributed by atoms with van der Waals surface area (Å²) in [6, 6.07) is 6.64. The maximum absolute atomic E-state index is 5.38. The van der Waals surface area contributed by atoms with Crippen molar-refractivity contribution in [2.45, 2.75) is 45.6 Å². The lowest BCUT2D eigenvalue weighted by molar-refractivity contribution is 0.161. The molecule has 1 aromatic carbocycles. The van der Waals surface area contributed by atoms with Gasteiger partial charge in [0, 0.05) is 19.1 Å². The Morgan fingerprint density at radius 1 is 1.15 bits per heavy atom. The minimum atomic E-state index is 0.574. The number of guanidine groups is 1. The first-order valence-electron chi connectivity index (χ1n) is 10.2. The first-order chi connectivity index (χ1) is 13.2. The first kappa shape index (κ1) is 21.4. The summed E-state index contributed by atoms with van der Waals surface area (Å²) in [4.78, 5) is 7.39. The number of likely N-dealkylation sites (tertiary alicyclic amines) is 1. The second-order valence-corrected chi connectivity index (χ2v) is 6.86. The van der Waals surface area contributed by atoms with Gasteiger partial charge in [-0.05, 0) is 57.0 Å². The smallest absolute Gasteiger partial charge is 0.191 e. The van der Waals surface area contributed by atoms with Crippen molar-refractivity contribution in [3.63, 3.8) is 0 Å². The van der Waals surface area contributed by atoms with Crippen molar-refractivity contribution in [3.05, 3.63) is 23.8 Å². The summed E-state index contributed by atoms with van der Waals surface area (Å²) in [5, 5.41) is 6.81. The Balaban J connectivity index is 1.88. The highest BCUT2D eigenvalue weighted by Gasteiger charge is 2.20. The van der Waals surface area contributed by atoms with Crippen molar-refractivity contribution < 1.29 is 9.47 Å². The molecule has 2 rings (SSSR count). The van der Waals surface area contributed by atoms with Crippen molar-refractivity contribution in [1.82, 2.24) is 15.5 Å². The summed E-state index contributed by atoms with van der Waals surface area (Å²) in [6.45, 7) is 9.22. The molecule has 1 aliphatic rings. The van der Waals surface area contributed by atoms with E-state index in [0.717, 1.165) is 50.1 Å². The van der Waals surface area contributed by atoms with Crippen LogP contribution in [0.3, 0.4) is 0 Å². The molecule has 1 aliphatic heterocycles. The number of methoxy groups -OCH3 is 2. The number of benzene rings is 1. The Bertz CT molecular complexity index is 592. The van der Waals surface area contributed by atoms with Crippen LogP contribution < -0.4 is 20.1 Å². The zero-order valence-electron chi connectivity index (χ0n) is 17.4. The fourth-order valence-corrected chi connectivity index (χ4v) is 3.58. The molecule has 0 amide bonds. The molecule has 1 heterocycles. The van der Waals surface area contributed by atoms with Crippen LogP contribution in [-0.4, -0.2) is 63.8 Å². The third-order valence-corrected chi connectivity index (χ3v) is 5.11. The molecule has 0 aromatic heterocycles. The number of nitrogens with zero attached hydrogens (tertiary/aromatic N) is 2. The van der Waals surface area contributed by atoms with Crippen LogP contribution >= 0.6 is 0 Å². The van der Waals surface area contributed by atoms with Gasteiger partial charge in [-0.3, -0.25) is 9.89 Å². The van der Waals surface area contributed by atoms with Crippen LogP contribution in [0.5, 0.6) is 11.5 Å². The van der Waals surface area contributed by atoms with Crippen molar-refractivity contribution in [3.8, 4) is 11.5 Å². The van der Waals surface area contributed by atoms with Crippen LogP contribution in [0.2, 0.25) is 0 Å². The molecule has 1 saturated heterocycles. The Labute approximate surface area is 164 Å². The second kappa shape index (κ2) is 11.7. The topological polar surface area (TPSA) is 58.1 Å². The minimum Gasteiger partial charge on any atom is -0.493 e. The fraction of sp³-hybridized carbons (Fsp3) is 0.667. The van der Waals surface area contributed by atoms with Gasteiger partial charge in [0.15, 0.2) is 17.5 Å². The number of hydrogen-bond donors (Lipinski definition) is 2. The molecular formula is C21H36N4O2. The number of hydrogen-bond acceptors (Lipinski definition) is 4. The lowest BCUT2D eigenvalue weighted by Gasteiger charge is -2.34. The van der Waals surface area contributed by atoms with Crippen LogP contribution in [-0.2, 0) is 6.42 Å². The molecule has 152 valence electrons. The molecule has 2 N–H and O–H groups in total. The number of likely N-dealkylation sites (N-methyl/N-ethyl adjacent to an activating group) is 1. The Kier molecular flexibility index (Phi) is 9.25. The molecule has 0 spiro atoms. The van der Waals surface area contributed by atoms with E-state index in [1.807, 2.05) is 12.1 Å². The summed E-state index contributed by atoms with van der Waals surface area (Å²) < 4.78 is 10.7.